The molecule has 3 heterocycles. The fourth-order valence-electron chi connectivity index (χ4n) is 5.38. The van der Waals surface area contributed by atoms with Crippen molar-refractivity contribution in [3.05, 3.63) is 88.7 Å². The van der Waals surface area contributed by atoms with Crippen molar-refractivity contribution in [2.75, 3.05) is 36.4 Å². The lowest BCUT2D eigenvalue weighted by atomic mass is 9.92. The smallest absolute Gasteiger partial charge is 0.370 e. The number of carbonyl (C=O) groups excluding carboxylic acids is 2. The molecule has 2 aliphatic heterocycles. The summed E-state index contributed by atoms with van der Waals surface area (Å²) < 4.78 is 66.2. The Morgan fingerprint density at radius 2 is 1.73 bits per heavy atom. The van der Waals surface area contributed by atoms with Crippen LogP contribution in [0.1, 0.15) is 62.6 Å². The number of halogens is 5. The van der Waals surface area contributed by atoms with Crippen LogP contribution in [0.15, 0.2) is 60.9 Å². The maximum Gasteiger partial charge on any atom is 0.416 e. The lowest BCUT2D eigenvalue weighted by Gasteiger charge is -2.31. The van der Waals surface area contributed by atoms with Crippen LogP contribution in [0.5, 0.6) is 0 Å². The van der Waals surface area contributed by atoms with E-state index in [1.165, 1.54) is 23.2 Å². The monoisotopic (exact) mass is 572 g/mol. The molecule has 0 unspecified atom stereocenters. The molecule has 0 radical (unpaired) electrons. The molecule has 1 atom stereocenters. The standard InChI is InChI=1S/C30H29F5N4O2/c1-19-5-6-20(27(40)37-24-4-2-3-23(15-24)30(33,34)35)14-26(19)21-7-10-39(18-21)25-13-22(16-36-17-25)28(41)38-11-8-29(31,32)9-12-38/h2-6,13-17,21H,7-12,18H2,1H3,(H,37,40)/t21-/m1/s1. The van der Waals surface area contributed by atoms with Gasteiger partial charge >= 0.3 is 6.18 Å². The molecule has 2 fully saturated rings. The third-order valence-electron chi connectivity index (χ3n) is 7.74. The topological polar surface area (TPSA) is 65.5 Å². The van der Waals surface area contributed by atoms with Gasteiger partial charge in [-0.1, -0.05) is 12.1 Å². The van der Waals surface area contributed by atoms with E-state index in [4.69, 9.17) is 0 Å². The first kappa shape index (κ1) is 28.5. The lowest BCUT2D eigenvalue weighted by Crippen LogP contribution is -2.42. The molecule has 5 rings (SSSR count). The van der Waals surface area contributed by atoms with Crippen molar-refractivity contribution < 1.29 is 31.5 Å². The average molecular weight is 573 g/mol. The van der Waals surface area contributed by atoms with E-state index in [9.17, 15) is 31.5 Å². The van der Waals surface area contributed by atoms with Gasteiger partial charge in [-0.05, 0) is 60.9 Å². The van der Waals surface area contributed by atoms with Gasteiger partial charge in [0.25, 0.3) is 17.7 Å². The Kier molecular flexibility index (Phi) is 7.72. The van der Waals surface area contributed by atoms with Crippen LogP contribution in [-0.2, 0) is 6.18 Å². The van der Waals surface area contributed by atoms with Gasteiger partial charge in [-0.2, -0.15) is 13.2 Å². The third-order valence-corrected chi connectivity index (χ3v) is 7.74. The molecule has 3 aromatic rings. The summed E-state index contributed by atoms with van der Waals surface area (Å²) >= 11 is 0. The van der Waals surface area contributed by atoms with Crippen molar-refractivity contribution in [1.29, 1.82) is 0 Å². The number of hydrogen-bond donors (Lipinski definition) is 1. The number of carbonyl (C=O) groups is 2. The lowest BCUT2D eigenvalue weighted by molar-refractivity contribution is -0.137. The van der Waals surface area contributed by atoms with Gasteiger partial charge in [-0.15, -0.1) is 0 Å². The van der Waals surface area contributed by atoms with Crippen molar-refractivity contribution in [3.8, 4) is 0 Å². The van der Waals surface area contributed by atoms with Gasteiger partial charge in [0.15, 0.2) is 0 Å². The van der Waals surface area contributed by atoms with E-state index >= 15 is 0 Å². The van der Waals surface area contributed by atoms with Crippen LogP contribution < -0.4 is 10.2 Å². The SMILES string of the molecule is Cc1ccc(C(=O)Nc2cccc(C(F)(F)F)c2)cc1[C@@H]1CCN(c2cncc(C(=O)N3CCC(F)(F)CC3)c2)C1. The number of nitrogens with zero attached hydrogens (tertiary/aromatic N) is 3. The Balaban J connectivity index is 1.27. The van der Waals surface area contributed by atoms with Gasteiger partial charge < -0.3 is 15.1 Å². The fraction of sp³-hybridized carbons (Fsp3) is 0.367. The second kappa shape index (κ2) is 11.1. The Morgan fingerprint density at radius 3 is 2.46 bits per heavy atom. The number of aryl methyl sites for hydroxylation is 1. The predicted molar refractivity (Wildman–Crippen MR) is 144 cm³/mol. The zero-order valence-electron chi connectivity index (χ0n) is 22.3. The van der Waals surface area contributed by atoms with Crippen LogP contribution >= 0.6 is 0 Å². The molecule has 2 aliphatic rings. The Bertz CT molecular complexity index is 1450. The number of piperidine rings is 1. The Hall–Kier alpha value is -4.02. The summed E-state index contributed by atoms with van der Waals surface area (Å²) in [7, 11) is 0. The number of anilines is 2. The van der Waals surface area contributed by atoms with Crippen molar-refractivity contribution in [2.45, 2.75) is 44.2 Å². The van der Waals surface area contributed by atoms with Crippen LogP contribution in [0, 0.1) is 6.92 Å². The van der Waals surface area contributed by atoms with Crippen LogP contribution in [-0.4, -0.2) is 53.8 Å². The fourth-order valence-corrected chi connectivity index (χ4v) is 5.38. The zero-order valence-corrected chi connectivity index (χ0v) is 22.3. The maximum absolute atomic E-state index is 13.5. The molecule has 0 bridgehead atoms. The molecule has 11 heteroatoms. The molecule has 6 nitrogen and oxygen atoms in total. The first-order valence-corrected chi connectivity index (χ1v) is 13.4. The molecule has 0 spiro atoms. The molecule has 0 saturated carbocycles. The highest BCUT2D eigenvalue weighted by Crippen LogP contribution is 2.34. The molecular weight excluding hydrogens is 543 g/mol. The summed E-state index contributed by atoms with van der Waals surface area (Å²) in [6.45, 7) is 3.22. The second-order valence-corrected chi connectivity index (χ2v) is 10.6. The van der Waals surface area contributed by atoms with E-state index in [-0.39, 0.29) is 43.4 Å². The minimum atomic E-state index is -4.51. The summed E-state index contributed by atoms with van der Waals surface area (Å²) in [5.74, 6) is -3.50. The van der Waals surface area contributed by atoms with Crippen molar-refractivity contribution in [1.82, 2.24) is 9.88 Å². The van der Waals surface area contributed by atoms with Crippen molar-refractivity contribution in [2.24, 2.45) is 0 Å². The number of nitrogens with one attached hydrogen (secondary N) is 1. The number of aromatic nitrogens is 1. The summed E-state index contributed by atoms with van der Waals surface area (Å²) in [6, 6.07) is 11.5. The van der Waals surface area contributed by atoms with Gasteiger partial charge in [-0.3, -0.25) is 14.6 Å². The molecule has 0 aliphatic carbocycles. The van der Waals surface area contributed by atoms with Crippen LogP contribution in [0.4, 0.5) is 33.3 Å². The minimum Gasteiger partial charge on any atom is -0.370 e. The number of alkyl halides is 5. The number of likely N-dealkylation sites (tertiary alicyclic amines) is 1. The average Bonchev–Trinajstić information content (AvgIpc) is 3.43. The quantitative estimate of drug-likeness (QED) is 0.354. The molecule has 1 aromatic heterocycles. The highest BCUT2D eigenvalue weighted by atomic mass is 19.4. The number of hydrogen-bond acceptors (Lipinski definition) is 4. The van der Waals surface area contributed by atoms with Gasteiger partial charge in [0.05, 0.1) is 23.0 Å². The van der Waals surface area contributed by atoms with E-state index in [2.05, 4.69) is 15.2 Å². The van der Waals surface area contributed by atoms with Gasteiger partial charge in [-0.25, -0.2) is 8.78 Å². The molecule has 2 aromatic carbocycles. The first-order valence-electron chi connectivity index (χ1n) is 13.4. The highest BCUT2D eigenvalue weighted by molar-refractivity contribution is 6.04. The molecule has 1 N–H and O–H groups in total. The normalized spacial score (nSPS) is 18.8. The van der Waals surface area contributed by atoms with E-state index in [1.54, 1.807) is 24.4 Å². The Labute approximate surface area is 234 Å². The Morgan fingerprint density at radius 1 is 0.976 bits per heavy atom. The maximum atomic E-state index is 13.5. The van der Waals surface area contributed by atoms with Crippen molar-refractivity contribution in [3.63, 3.8) is 0 Å². The number of pyridine rings is 1. The predicted octanol–water partition coefficient (Wildman–Crippen LogP) is 6.53. The molecule has 2 amide bonds. The van der Waals surface area contributed by atoms with E-state index in [0.29, 0.717) is 24.2 Å². The number of rotatable bonds is 5. The summed E-state index contributed by atoms with van der Waals surface area (Å²) in [4.78, 5) is 33.6. The molecule has 41 heavy (non-hydrogen) atoms. The van der Waals surface area contributed by atoms with Crippen LogP contribution in [0.2, 0.25) is 0 Å². The highest BCUT2D eigenvalue weighted by Gasteiger charge is 2.36. The van der Waals surface area contributed by atoms with Crippen LogP contribution in [0.25, 0.3) is 0 Å². The largest absolute Gasteiger partial charge is 0.416 e. The van der Waals surface area contributed by atoms with E-state index in [1.807, 2.05) is 13.0 Å². The van der Waals surface area contributed by atoms with Crippen molar-refractivity contribution >= 4 is 23.2 Å². The summed E-state index contributed by atoms with van der Waals surface area (Å²) in [5.41, 5.74) is 2.58. The summed E-state index contributed by atoms with van der Waals surface area (Å²) in [6.07, 6.45) is -1.33. The van der Waals surface area contributed by atoms with E-state index in [0.717, 1.165) is 35.4 Å². The summed E-state index contributed by atoms with van der Waals surface area (Å²) in [5, 5.41) is 2.56. The van der Waals surface area contributed by atoms with Gasteiger partial charge in [0, 0.05) is 62.4 Å². The third kappa shape index (κ3) is 6.49. The van der Waals surface area contributed by atoms with Crippen LogP contribution in [0.3, 0.4) is 0 Å². The number of benzene rings is 2. The van der Waals surface area contributed by atoms with Gasteiger partial charge in [0.1, 0.15) is 0 Å². The van der Waals surface area contributed by atoms with Gasteiger partial charge in [0.2, 0.25) is 0 Å². The van der Waals surface area contributed by atoms with E-state index < -0.39 is 23.6 Å². The number of amides is 2. The zero-order chi connectivity index (χ0) is 29.4. The molecule has 2 saturated heterocycles. The minimum absolute atomic E-state index is 0.00118. The molecule has 216 valence electrons. The molecular formula is C30H29F5N4O2. The second-order valence-electron chi connectivity index (χ2n) is 10.6. The first-order chi connectivity index (χ1) is 19.4.